The first-order valence-electron chi connectivity index (χ1n) is 10.1. The summed E-state index contributed by atoms with van der Waals surface area (Å²) in [6.07, 6.45) is 5.30. The first kappa shape index (κ1) is 20.2. The SMILES string of the molecule is COc1ccccc1C=CC=C1Oc2c(ccc(O)c2CN2CCN(C)CC2)C1=O. The zero-order valence-electron chi connectivity index (χ0n) is 17.3. The van der Waals surface area contributed by atoms with Gasteiger partial charge in [-0.3, -0.25) is 9.69 Å². The number of fused-ring (bicyclic) bond motifs is 1. The first-order chi connectivity index (χ1) is 14.6. The largest absolute Gasteiger partial charge is 0.507 e. The lowest BCUT2D eigenvalue weighted by Crippen LogP contribution is -2.43. The van der Waals surface area contributed by atoms with Crippen LogP contribution in [0.2, 0.25) is 0 Å². The highest BCUT2D eigenvalue weighted by molar-refractivity contribution is 6.12. The van der Waals surface area contributed by atoms with Gasteiger partial charge < -0.3 is 19.5 Å². The Morgan fingerprint density at radius 3 is 2.67 bits per heavy atom. The number of hydrogen-bond acceptors (Lipinski definition) is 6. The number of allylic oxidation sites excluding steroid dienone is 3. The van der Waals surface area contributed by atoms with Crippen molar-refractivity contribution >= 4 is 11.9 Å². The smallest absolute Gasteiger partial charge is 0.231 e. The summed E-state index contributed by atoms with van der Waals surface area (Å²) in [5.74, 6) is 1.46. The quantitative estimate of drug-likeness (QED) is 0.769. The number of Topliss-reactive ketones (excluding diaryl/α,β-unsaturated/α-hetero) is 1. The molecule has 30 heavy (non-hydrogen) atoms. The van der Waals surface area contributed by atoms with Crippen LogP contribution in [0, 0.1) is 0 Å². The Morgan fingerprint density at radius 1 is 1.13 bits per heavy atom. The first-order valence-corrected chi connectivity index (χ1v) is 10.1. The molecule has 0 unspecified atom stereocenters. The topological polar surface area (TPSA) is 62.2 Å². The fourth-order valence-corrected chi connectivity index (χ4v) is 3.74. The van der Waals surface area contributed by atoms with E-state index in [2.05, 4.69) is 16.8 Å². The zero-order valence-corrected chi connectivity index (χ0v) is 17.3. The van der Waals surface area contributed by atoms with Crippen LogP contribution in [-0.2, 0) is 6.54 Å². The van der Waals surface area contributed by atoms with Crippen LogP contribution in [0.3, 0.4) is 0 Å². The van der Waals surface area contributed by atoms with E-state index in [1.165, 1.54) is 0 Å². The van der Waals surface area contributed by atoms with Crippen molar-refractivity contribution in [1.29, 1.82) is 0 Å². The van der Waals surface area contributed by atoms with Crippen molar-refractivity contribution in [2.24, 2.45) is 0 Å². The molecule has 0 spiro atoms. The van der Waals surface area contributed by atoms with Crippen molar-refractivity contribution in [3.63, 3.8) is 0 Å². The van der Waals surface area contributed by atoms with Crippen LogP contribution >= 0.6 is 0 Å². The summed E-state index contributed by atoms with van der Waals surface area (Å²) in [5.41, 5.74) is 2.07. The lowest BCUT2D eigenvalue weighted by molar-refractivity contribution is 0.101. The fourth-order valence-electron chi connectivity index (χ4n) is 3.74. The van der Waals surface area contributed by atoms with Gasteiger partial charge in [0, 0.05) is 38.3 Å². The van der Waals surface area contributed by atoms with Gasteiger partial charge in [-0.15, -0.1) is 0 Å². The third-order valence-corrected chi connectivity index (χ3v) is 5.56. The molecule has 2 heterocycles. The average Bonchev–Trinajstić information content (AvgIpc) is 3.08. The fraction of sp³-hybridized carbons (Fsp3) is 0.292. The lowest BCUT2D eigenvalue weighted by atomic mass is 10.0. The molecule has 0 aromatic heterocycles. The van der Waals surface area contributed by atoms with E-state index in [1.807, 2.05) is 30.3 Å². The number of rotatable bonds is 5. The predicted octanol–water partition coefficient (Wildman–Crippen LogP) is 3.32. The number of ether oxygens (including phenoxy) is 2. The maximum absolute atomic E-state index is 12.8. The van der Waals surface area contributed by atoms with E-state index in [-0.39, 0.29) is 17.3 Å². The third kappa shape index (κ3) is 4.10. The standard InChI is InChI=1S/C24H26N2O4/c1-25-12-14-26(15-13-25)16-19-20(27)11-10-18-23(28)22(30-24(18)19)9-5-7-17-6-3-4-8-21(17)29-2/h3-11,27H,12-16H2,1-2H3. The average molecular weight is 406 g/mol. The number of likely N-dealkylation sites (N-methyl/N-ethyl adjacent to an activating group) is 1. The molecule has 0 radical (unpaired) electrons. The van der Waals surface area contributed by atoms with Gasteiger partial charge in [0.15, 0.2) is 5.76 Å². The van der Waals surface area contributed by atoms with Crippen molar-refractivity contribution in [3.8, 4) is 17.2 Å². The number of nitrogens with zero attached hydrogens (tertiary/aromatic N) is 2. The molecule has 2 aromatic rings. The number of carbonyl (C=O) groups excluding carboxylic acids is 1. The zero-order chi connectivity index (χ0) is 21.1. The number of phenols is 1. The minimum atomic E-state index is -0.172. The molecule has 0 atom stereocenters. The lowest BCUT2D eigenvalue weighted by Gasteiger charge is -2.32. The van der Waals surface area contributed by atoms with Gasteiger partial charge in [0.05, 0.1) is 18.2 Å². The molecule has 0 amide bonds. The number of benzene rings is 2. The van der Waals surface area contributed by atoms with E-state index in [1.54, 1.807) is 31.4 Å². The molecule has 1 N–H and O–H groups in total. The van der Waals surface area contributed by atoms with Crippen LogP contribution in [0.15, 0.2) is 54.3 Å². The molecule has 1 fully saturated rings. The Labute approximate surface area is 176 Å². The molecule has 4 rings (SSSR count). The monoisotopic (exact) mass is 406 g/mol. The van der Waals surface area contributed by atoms with E-state index < -0.39 is 0 Å². The number of piperazine rings is 1. The normalized spacial score (nSPS) is 18.7. The van der Waals surface area contributed by atoms with Crippen molar-refractivity contribution in [1.82, 2.24) is 9.80 Å². The second-order valence-corrected chi connectivity index (χ2v) is 7.58. The number of para-hydroxylation sites is 1. The van der Waals surface area contributed by atoms with Gasteiger partial charge in [-0.2, -0.15) is 0 Å². The van der Waals surface area contributed by atoms with E-state index in [0.717, 1.165) is 37.5 Å². The number of methoxy groups -OCH3 is 1. The van der Waals surface area contributed by atoms with E-state index in [9.17, 15) is 9.90 Å². The van der Waals surface area contributed by atoms with Crippen molar-refractivity contribution in [2.45, 2.75) is 6.54 Å². The van der Waals surface area contributed by atoms with Gasteiger partial charge in [0.1, 0.15) is 17.2 Å². The third-order valence-electron chi connectivity index (χ3n) is 5.56. The minimum absolute atomic E-state index is 0.159. The van der Waals surface area contributed by atoms with Gasteiger partial charge in [-0.05, 0) is 31.3 Å². The highest BCUT2D eigenvalue weighted by Gasteiger charge is 2.31. The van der Waals surface area contributed by atoms with Crippen molar-refractivity contribution < 1.29 is 19.4 Å². The molecule has 2 aromatic carbocycles. The van der Waals surface area contributed by atoms with Crippen LogP contribution in [0.1, 0.15) is 21.5 Å². The number of phenolic OH excluding ortho intramolecular Hbond substituents is 1. The molecule has 2 aliphatic heterocycles. The molecule has 1 saturated heterocycles. The maximum Gasteiger partial charge on any atom is 0.231 e. The van der Waals surface area contributed by atoms with Gasteiger partial charge in [-0.1, -0.05) is 30.4 Å². The molecule has 6 heteroatoms. The highest BCUT2D eigenvalue weighted by Crippen LogP contribution is 2.39. The highest BCUT2D eigenvalue weighted by atomic mass is 16.5. The van der Waals surface area contributed by atoms with Crippen LogP contribution in [-0.4, -0.2) is 61.0 Å². The van der Waals surface area contributed by atoms with Crippen LogP contribution < -0.4 is 9.47 Å². The van der Waals surface area contributed by atoms with Crippen LogP contribution in [0.25, 0.3) is 6.08 Å². The summed E-state index contributed by atoms with van der Waals surface area (Å²) in [6, 6.07) is 10.9. The Morgan fingerprint density at radius 2 is 1.90 bits per heavy atom. The summed E-state index contributed by atoms with van der Waals surface area (Å²) in [5, 5.41) is 10.4. The molecule has 0 saturated carbocycles. The Kier molecular flexibility index (Phi) is 5.88. The van der Waals surface area contributed by atoms with Gasteiger partial charge in [0.2, 0.25) is 5.78 Å². The van der Waals surface area contributed by atoms with Crippen LogP contribution in [0.5, 0.6) is 17.2 Å². The second kappa shape index (κ2) is 8.73. The molecular weight excluding hydrogens is 380 g/mol. The van der Waals surface area contributed by atoms with E-state index in [4.69, 9.17) is 9.47 Å². The van der Waals surface area contributed by atoms with Gasteiger partial charge >= 0.3 is 0 Å². The summed E-state index contributed by atoms with van der Waals surface area (Å²) < 4.78 is 11.3. The van der Waals surface area contributed by atoms with E-state index >= 15 is 0 Å². The van der Waals surface area contributed by atoms with Crippen LogP contribution in [0.4, 0.5) is 0 Å². The molecular formula is C24H26N2O4. The second-order valence-electron chi connectivity index (χ2n) is 7.58. The summed E-state index contributed by atoms with van der Waals surface area (Å²) in [4.78, 5) is 17.4. The Bertz CT molecular complexity index is 1000. The molecule has 0 aliphatic carbocycles. The Hall–Kier alpha value is -3.09. The summed E-state index contributed by atoms with van der Waals surface area (Å²) in [7, 11) is 3.73. The number of ketones is 1. The number of hydrogen-bond donors (Lipinski definition) is 1. The minimum Gasteiger partial charge on any atom is -0.507 e. The van der Waals surface area contributed by atoms with Crippen molar-refractivity contribution in [3.05, 3.63) is 71.0 Å². The molecule has 2 aliphatic rings. The number of carbonyl (C=O) groups is 1. The van der Waals surface area contributed by atoms with Gasteiger partial charge in [0.25, 0.3) is 0 Å². The van der Waals surface area contributed by atoms with Crippen molar-refractivity contribution in [2.75, 3.05) is 40.3 Å². The molecule has 6 nitrogen and oxygen atoms in total. The predicted molar refractivity (Wildman–Crippen MR) is 116 cm³/mol. The number of aromatic hydroxyl groups is 1. The Balaban J connectivity index is 1.55. The van der Waals surface area contributed by atoms with E-state index in [0.29, 0.717) is 23.4 Å². The maximum atomic E-state index is 12.8. The molecule has 0 bridgehead atoms. The van der Waals surface area contributed by atoms with Gasteiger partial charge in [-0.25, -0.2) is 0 Å². The summed E-state index contributed by atoms with van der Waals surface area (Å²) >= 11 is 0. The molecule has 156 valence electrons. The summed E-state index contributed by atoms with van der Waals surface area (Å²) in [6.45, 7) is 4.35.